The number of aryl methyl sites for hydroxylation is 1. The van der Waals surface area contributed by atoms with Gasteiger partial charge in [0.05, 0.1) is 0 Å². The van der Waals surface area contributed by atoms with Crippen LogP contribution in [-0.4, -0.2) is 35.0 Å². The van der Waals surface area contributed by atoms with Gasteiger partial charge in [0.25, 0.3) is 0 Å². The Kier molecular flexibility index (Phi) is 4.38. The predicted molar refractivity (Wildman–Crippen MR) is 97.4 cm³/mol. The molecule has 1 aromatic heterocycles. The zero-order valence-corrected chi connectivity index (χ0v) is 14.6. The van der Waals surface area contributed by atoms with Gasteiger partial charge in [-0.3, -0.25) is 4.79 Å². The standard InChI is InChI=1S/C20H24N4O/c1-14-5-2-3-6-16(14)17-13-18(17)19(25)23-15-7-11-24(12-8-15)20-21-9-4-10-22-20/h2-6,9-10,15,17-18H,7-8,11-13H2,1H3,(H,23,25)/t17-,18+/m1/s1. The molecule has 2 aromatic rings. The third-order valence-electron chi connectivity index (χ3n) is 5.39. The summed E-state index contributed by atoms with van der Waals surface area (Å²) in [6, 6.07) is 10.5. The molecule has 25 heavy (non-hydrogen) atoms. The highest BCUT2D eigenvalue weighted by atomic mass is 16.2. The largest absolute Gasteiger partial charge is 0.353 e. The number of carbonyl (C=O) groups is 1. The summed E-state index contributed by atoms with van der Waals surface area (Å²) in [6.45, 7) is 3.91. The molecular formula is C20H24N4O. The van der Waals surface area contributed by atoms with Crippen molar-refractivity contribution >= 4 is 11.9 Å². The summed E-state index contributed by atoms with van der Waals surface area (Å²) in [5.41, 5.74) is 2.62. The Morgan fingerprint density at radius 1 is 1.12 bits per heavy atom. The molecule has 2 aliphatic rings. The van der Waals surface area contributed by atoms with Crippen molar-refractivity contribution in [2.24, 2.45) is 5.92 Å². The molecule has 4 rings (SSSR count). The summed E-state index contributed by atoms with van der Waals surface area (Å²) in [7, 11) is 0. The van der Waals surface area contributed by atoms with E-state index in [1.807, 2.05) is 6.07 Å². The van der Waals surface area contributed by atoms with E-state index in [0.717, 1.165) is 38.3 Å². The van der Waals surface area contributed by atoms with Crippen molar-refractivity contribution in [2.75, 3.05) is 18.0 Å². The lowest BCUT2D eigenvalue weighted by molar-refractivity contribution is -0.123. The summed E-state index contributed by atoms with van der Waals surface area (Å²) < 4.78 is 0. The number of carbonyl (C=O) groups excluding carboxylic acids is 1. The Labute approximate surface area is 148 Å². The highest BCUT2D eigenvalue weighted by molar-refractivity contribution is 5.83. The second kappa shape index (κ2) is 6.82. The van der Waals surface area contributed by atoms with Gasteiger partial charge in [-0.15, -0.1) is 0 Å². The second-order valence-corrected chi connectivity index (χ2v) is 7.12. The summed E-state index contributed by atoms with van der Waals surface area (Å²) >= 11 is 0. The molecule has 1 N–H and O–H groups in total. The molecule has 5 heteroatoms. The quantitative estimate of drug-likeness (QED) is 0.932. The monoisotopic (exact) mass is 336 g/mol. The smallest absolute Gasteiger partial charge is 0.225 e. The average molecular weight is 336 g/mol. The molecule has 0 unspecified atom stereocenters. The summed E-state index contributed by atoms with van der Waals surface area (Å²) in [5.74, 6) is 1.56. The SMILES string of the molecule is Cc1ccccc1[C@H]1C[C@@H]1C(=O)NC1CCN(c2ncccn2)CC1. The number of nitrogens with one attached hydrogen (secondary N) is 1. The minimum Gasteiger partial charge on any atom is -0.353 e. The molecule has 0 radical (unpaired) electrons. The van der Waals surface area contributed by atoms with Crippen LogP contribution in [0.15, 0.2) is 42.7 Å². The number of aromatic nitrogens is 2. The van der Waals surface area contributed by atoms with Crippen molar-refractivity contribution in [1.29, 1.82) is 0 Å². The number of piperidine rings is 1. The van der Waals surface area contributed by atoms with Crippen LogP contribution in [0, 0.1) is 12.8 Å². The number of benzene rings is 1. The molecule has 1 saturated carbocycles. The molecule has 0 bridgehead atoms. The van der Waals surface area contributed by atoms with E-state index in [9.17, 15) is 4.79 Å². The number of amides is 1. The fraction of sp³-hybridized carbons (Fsp3) is 0.450. The van der Waals surface area contributed by atoms with Crippen molar-refractivity contribution in [3.63, 3.8) is 0 Å². The van der Waals surface area contributed by atoms with Crippen LogP contribution >= 0.6 is 0 Å². The number of anilines is 1. The van der Waals surface area contributed by atoms with E-state index >= 15 is 0 Å². The van der Waals surface area contributed by atoms with E-state index in [1.165, 1.54) is 11.1 Å². The first-order chi connectivity index (χ1) is 12.2. The summed E-state index contributed by atoms with van der Waals surface area (Å²) in [4.78, 5) is 23.4. The number of hydrogen-bond donors (Lipinski definition) is 1. The van der Waals surface area contributed by atoms with Crippen molar-refractivity contribution in [1.82, 2.24) is 15.3 Å². The Hall–Kier alpha value is -2.43. The third kappa shape index (κ3) is 3.50. The molecule has 2 atom stereocenters. The van der Waals surface area contributed by atoms with Crippen LogP contribution in [0.4, 0.5) is 5.95 Å². The highest BCUT2D eigenvalue weighted by Gasteiger charge is 2.45. The number of hydrogen-bond acceptors (Lipinski definition) is 4. The molecular weight excluding hydrogens is 312 g/mol. The lowest BCUT2D eigenvalue weighted by Gasteiger charge is -2.32. The lowest BCUT2D eigenvalue weighted by Crippen LogP contribution is -2.45. The average Bonchev–Trinajstić information content (AvgIpc) is 3.44. The fourth-order valence-corrected chi connectivity index (χ4v) is 3.82. The first kappa shape index (κ1) is 16.1. The number of rotatable bonds is 4. The van der Waals surface area contributed by atoms with Crippen molar-refractivity contribution < 1.29 is 4.79 Å². The van der Waals surface area contributed by atoms with E-state index < -0.39 is 0 Å². The molecule has 5 nitrogen and oxygen atoms in total. The Morgan fingerprint density at radius 2 is 1.84 bits per heavy atom. The second-order valence-electron chi connectivity index (χ2n) is 7.12. The maximum atomic E-state index is 12.6. The van der Waals surface area contributed by atoms with Gasteiger partial charge < -0.3 is 10.2 Å². The molecule has 1 aliphatic carbocycles. The van der Waals surface area contributed by atoms with Gasteiger partial charge in [0.15, 0.2) is 0 Å². The normalized spacial score (nSPS) is 23.3. The van der Waals surface area contributed by atoms with Crippen molar-refractivity contribution in [3.8, 4) is 0 Å². The topological polar surface area (TPSA) is 58.1 Å². The van der Waals surface area contributed by atoms with Gasteiger partial charge in [0, 0.05) is 37.4 Å². The zero-order chi connectivity index (χ0) is 17.2. The molecule has 1 amide bonds. The molecule has 1 aromatic carbocycles. The van der Waals surface area contributed by atoms with Crippen LogP contribution in [0.3, 0.4) is 0 Å². The van der Waals surface area contributed by atoms with Gasteiger partial charge in [-0.2, -0.15) is 0 Å². The molecule has 1 aliphatic heterocycles. The van der Waals surface area contributed by atoms with E-state index in [4.69, 9.17) is 0 Å². The Morgan fingerprint density at radius 3 is 2.56 bits per heavy atom. The highest BCUT2D eigenvalue weighted by Crippen LogP contribution is 2.48. The first-order valence-corrected chi connectivity index (χ1v) is 9.10. The van der Waals surface area contributed by atoms with Crippen LogP contribution in [0.5, 0.6) is 0 Å². The molecule has 2 fully saturated rings. The lowest BCUT2D eigenvalue weighted by atomic mass is 10.0. The summed E-state index contributed by atoms with van der Waals surface area (Å²) in [6.07, 6.45) is 6.43. The predicted octanol–water partition coefficient (Wildman–Crippen LogP) is 2.67. The van der Waals surface area contributed by atoms with Crippen molar-refractivity contribution in [3.05, 3.63) is 53.9 Å². The van der Waals surface area contributed by atoms with Gasteiger partial charge in [-0.25, -0.2) is 9.97 Å². The van der Waals surface area contributed by atoms with Gasteiger partial charge in [-0.05, 0) is 49.3 Å². The van der Waals surface area contributed by atoms with Crippen molar-refractivity contribution in [2.45, 2.75) is 38.1 Å². The maximum Gasteiger partial charge on any atom is 0.225 e. The molecule has 2 heterocycles. The Bertz CT molecular complexity index is 740. The molecule has 1 saturated heterocycles. The maximum absolute atomic E-state index is 12.6. The Balaban J connectivity index is 1.28. The fourth-order valence-electron chi connectivity index (χ4n) is 3.82. The molecule has 0 spiro atoms. The van der Waals surface area contributed by atoms with Crippen LogP contribution in [0.1, 0.15) is 36.3 Å². The number of nitrogens with zero attached hydrogens (tertiary/aromatic N) is 3. The van der Waals surface area contributed by atoms with Gasteiger partial charge in [-0.1, -0.05) is 24.3 Å². The zero-order valence-electron chi connectivity index (χ0n) is 14.6. The van der Waals surface area contributed by atoms with Crippen LogP contribution in [0.2, 0.25) is 0 Å². The van der Waals surface area contributed by atoms with Gasteiger partial charge in [0.1, 0.15) is 0 Å². The minimum absolute atomic E-state index is 0.150. The van der Waals surface area contributed by atoms with Crippen LogP contribution < -0.4 is 10.2 Å². The summed E-state index contributed by atoms with van der Waals surface area (Å²) in [5, 5.41) is 3.27. The van der Waals surface area contributed by atoms with Gasteiger partial charge >= 0.3 is 0 Å². The van der Waals surface area contributed by atoms with Crippen LogP contribution in [0.25, 0.3) is 0 Å². The van der Waals surface area contributed by atoms with Gasteiger partial charge in [0.2, 0.25) is 11.9 Å². The minimum atomic E-state index is 0.150. The van der Waals surface area contributed by atoms with Crippen LogP contribution in [-0.2, 0) is 4.79 Å². The van der Waals surface area contributed by atoms with E-state index in [2.05, 4.69) is 51.4 Å². The van der Waals surface area contributed by atoms with E-state index in [0.29, 0.717) is 5.92 Å². The first-order valence-electron chi connectivity index (χ1n) is 9.10. The molecule has 130 valence electrons. The third-order valence-corrected chi connectivity index (χ3v) is 5.39. The van der Waals surface area contributed by atoms with E-state index in [-0.39, 0.29) is 17.9 Å². The van der Waals surface area contributed by atoms with E-state index in [1.54, 1.807) is 12.4 Å².